The largest absolute Gasteiger partial charge is 0.373 e. The van der Waals surface area contributed by atoms with Gasteiger partial charge in [0.1, 0.15) is 11.6 Å². The summed E-state index contributed by atoms with van der Waals surface area (Å²) in [5, 5.41) is 10.1. The van der Waals surface area contributed by atoms with Crippen molar-refractivity contribution in [1.82, 2.24) is 9.21 Å². The zero-order valence-corrected chi connectivity index (χ0v) is 22.1. The van der Waals surface area contributed by atoms with Crippen LogP contribution in [0.2, 0.25) is 0 Å². The molecule has 2 aromatic rings. The van der Waals surface area contributed by atoms with E-state index in [0.717, 1.165) is 18.4 Å². The molecule has 1 unspecified atom stereocenters. The number of nitrogens with zero attached hydrogens (tertiary/aromatic N) is 2. The molecule has 3 aliphatic rings. The van der Waals surface area contributed by atoms with E-state index in [1.807, 2.05) is 0 Å². The van der Waals surface area contributed by atoms with Crippen LogP contribution in [0.1, 0.15) is 60.1 Å². The minimum absolute atomic E-state index is 0.00194. The second-order valence-electron chi connectivity index (χ2n) is 10.6. The molecule has 1 heterocycles. The van der Waals surface area contributed by atoms with Crippen LogP contribution in [0.5, 0.6) is 0 Å². The van der Waals surface area contributed by atoms with Gasteiger partial charge in [-0.05, 0) is 35.6 Å². The summed E-state index contributed by atoms with van der Waals surface area (Å²) in [5.41, 5.74) is -6.41. The number of sulfonamides is 1. The van der Waals surface area contributed by atoms with Gasteiger partial charge in [-0.2, -0.15) is 21.9 Å². The quantitative estimate of drug-likeness (QED) is 0.515. The Morgan fingerprint density at radius 1 is 1.00 bits per heavy atom. The second kappa shape index (κ2) is 8.42. The fourth-order valence-electron chi connectivity index (χ4n) is 6.14. The lowest BCUT2D eigenvalue weighted by Gasteiger charge is -2.59. The van der Waals surface area contributed by atoms with E-state index in [2.05, 4.69) is 0 Å². The number of rotatable bonds is 6. The van der Waals surface area contributed by atoms with Crippen LogP contribution < -0.4 is 0 Å². The Hall–Kier alpha value is -2.15. The van der Waals surface area contributed by atoms with Crippen molar-refractivity contribution in [2.24, 2.45) is 0 Å². The summed E-state index contributed by atoms with van der Waals surface area (Å²) in [6, 6.07) is 1.87. The van der Waals surface area contributed by atoms with E-state index in [4.69, 9.17) is 0 Å². The predicted molar refractivity (Wildman–Crippen MR) is 129 cm³/mol. The first-order chi connectivity index (χ1) is 17.5. The predicted octanol–water partition coefficient (Wildman–Crippen LogP) is 4.79. The summed E-state index contributed by atoms with van der Waals surface area (Å²) < 4.78 is 116. The molecule has 208 valence electrons. The van der Waals surface area contributed by atoms with Crippen LogP contribution in [0, 0.1) is 11.6 Å². The van der Waals surface area contributed by atoms with Gasteiger partial charge in [0.25, 0.3) is 0 Å². The molecule has 12 heteroatoms. The van der Waals surface area contributed by atoms with Gasteiger partial charge < -0.3 is 5.11 Å². The van der Waals surface area contributed by atoms with E-state index in [0.29, 0.717) is 13.1 Å². The minimum atomic E-state index is -4.24. The zero-order valence-electron chi connectivity index (χ0n) is 21.3. The van der Waals surface area contributed by atoms with Crippen LogP contribution in [0.25, 0.3) is 11.1 Å². The molecule has 0 radical (unpaired) electrons. The van der Waals surface area contributed by atoms with Gasteiger partial charge in [0.2, 0.25) is 15.6 Å². The number of piperazine rings is 1. The molecule has 0 aromatic heterocycles. The lowest BCUT2D eigenvalue weighted by molar-refractivity contribution is -0.353. The van der Waals surface area contributed by atoms with E-state index in [-0.39, 0.29) is 53.9 Å². The van der Waals surface area contributed by atoms with Gasteiger partial charge in [0.15, 0.2) is 0 Å². The van der Waals surface area contributed by atoms with Crippen LogP contribution in [0.4, 0.5) is 26.3 Å². The molecule has 5 rings (SSSR count). The Labute approximate surface area is 217 Å². The smallest absolute Gasteiger partial charge is 0.312 e. The van der Waals surface area contributed by atoms with Crippen LogP contribution in [0.15, 0.2) is 12.1 Å². The van der Waals surface area contributed by atoms with Gasteiger partial charge in [0.05, 0.1) is 6.26 Å². The van der Waals surface area contributed by atoms with E-state index >= 15 is 8.78 Å². The van der Waals surface area contributed by atoms with E-state index in [1.54, 1.807) is 18.7 Å². The molecule has 1 aliphatic heterocycles. The molecule has 38 heavy (non-hydrogen) atoms. The van der Waals surface area contributed by atoms with Crippen molar-refractivity contribution in [2.45, 2.75) is 57.1 Å². The van der Waals surface area contributed by atoms with Crippen molar-refractivity contribution in [2.75, 3.05) is 32.4 Å². The van der Waals surface area contributed by atoms with Gasteiger partial charge in [-0.15, -0.1) is 0 Å². The Balaban J connectivity index is 1.60. The molecular formula is C26H28F6N2O3S. The summed E-state index contributed by atoms with van der Waals surface area (Å²) >= 11 is 0. The molecule has 0 spiro atoms. The Bertz CT molecular complexity index is 1450. The van der Waals surface area contributed by atoms with Crippen LogP contribution in [-0.2, 0) is 40.4 Å². The van der Waals surface area contributed by atoms with Crippen LogP contribution >= 0.6 is 0 Å². The first-order valence-electron chi connectivity index (χ1n) is 12.4. The number of alkyl halides is 4. The van der Waals surface area contributed by atoms with Crippen LogP contribution in [-0.4, -0.2) is 55.2 Å². The fourth-order valence-corrected chi connectivity index (χ4v) is 6.96. The first kappa shape index (κ1) is 27.4. The Kier molecular flexibility index (Phi) is 6.08. The zero-order chi connectivity index (χ0) is 28.2. The number of hydrogen-bond donors (Lipinski definition) is 1. The number of halogens is 6. The molecule has 0 bridgehead atoms. The summed E-state index contributed by atoms with van der Waals surface area (Å²) in [6.45, 7) is 5.69. The topological polar surface area (TPSA) is 60.9 Å². The van der Waals surface area contributed by atoms with Gasteiger partial charge in [-0.3, -0.25) is 4.90 Å². The molecule has 1 N–H and O–H groups in total. The standard InChI is InChI=1S/C26H28F6N2O3S/c1-5-15-16(11-17-22-21(15)26(31,32)24(22,35)25(17,29)30)20-18(27)10-14(23(28)19(20)13(2)3)12-33-6-8-34(9-7-33)38(4,36)37/h10-11,13,35H,5-9,12H2,1-4H3. The third kappa shape index (κ3) is 3.39. The van der Waals surface area contributed by atoms with Crippen molar-refractivity contribution < 1.29 is 39.9 Å². The monoisotopic (exact) mass is 562 g/mol. The first-order valence-corrected chi connectivity index (χ1v) is 14.2. The Morgan fingerprint density at radius 3 is 2.13 bits per heavy atom. The highest BCUT2D eigenvalue weighted by Gasteiger charge is 2.86. The third-order valence-electron chi connectivity index (χ3n) is 8.08. The van der Waals surface area contributed by atoms with Crippen molar-refractivity contribution in [3.05, 3.63) is 57.1 Å². The molecule has 0 amide bonds. The average Bonchev–Trinajstić information content (AvgIpc) is 2.83. The molecule has 1 atom stereocenters. The van der Waals surface area contributed by atoms with Crippen LogP contribution in [0.3, 0.4) is 0 Å². The number of aliphatic hydroxyl groups is 1. The lowest BCUT2D eigenvalue weighted by atomic mass is 9.51. The normalized spacial score (nSPS) is 24.2. The highest BCUT2D eigenvalue weighted by atomic mass is 32.2. The molecule has 1 fully saturated rings. The highest BCUT2D eigenvalue weighted by molar-refractivity contribution is 7.88. The minimum Gasteiger partial charge on any atom is -0.373 e. The summed E-state index contributed by atoms with van der Waals surface area (Å²) in [5.74, 6) is -10.8. The van der Waals surface area contributed by atoms with Gasteiger partial charge in [-0.25, -0.2) is 17.2 Å². The summed E-state index contributed by atoms with van der Waals surface area (Å²) in [7, 11) is -3.37. The van der Waals surface area contributed by atoms with Gasteiger partial charge >= 0.3 is 11.8 Å². The molecule has 1 saturated heterocycles. The number of hydrogen-bond acceptors (Lipinski definition) is 4. The maximum Gasteiger partial charge on any atom is 0.312 e. The van der Waals surface area contributed by atoms with E-state index in [9.17, 15) is 31.1 Å². The Morgan fingerprint density at radius 2 is 1.61 bits per heavy atom. The van der Waals surface area contributed by atoms with Crippen molar-refractivity contribution in [1.29, 1.82) is 0 Å². The molecule has 0 saturated carbocycles. The molecule has 2 aromatic carbocycles. The molecule has 2 aliphatic carbocycles. The molecular weight excluding hydrogens is 534 g/mol. The SMILES string of the molecule is CCc1c(-c2c(F)cc(CN3CCN(S(C)(=O)=O)CC3)c(F)c2C(C)C)cc2c3c1C(F)(F)C3(O)C2(F)F. The third-order valence-corrected chi connectivity index (χ3v) is 9.38. The lowest BCUT2D eigenvalue weighted by Crippen LogP contribution is -2.70. The number of benzene rings is 2. The highest BCUT2D eigenvalue weighted by Crippen LogP contribution is 2.76. The van der Waals surface area contributed by atoms with E-state index in [1.165, 1.54) is 11.2 Å². The maximum absolute atomic E-state index is 15.9. The van der Waals surface area contributed by atoms with Gasteiger partial charge in [0, 0.05) is 66.1 Å². The maximum atomic E-state index is 15.9. The summed E-state index contributed by atoms with van der Waals surface area (Å²) in [6.07, 6.45) is 1.03. The van der Waals surface area contributed by atoms with Crippen molar-refractivity contribution in [3.63, 3.8) is 0 Å². The van der Waals surface area contributed by atoms with E-state index < -0.39 is 61.7 Å². The fraction of sp³-hybridized carbons (Fsp3) is 0.538. The van der Waals surface area contributed by atoms with Crippen molar-refractivity contribution in [3.8, 4) is 11.1 Å². The second-order valence-corrected chi connectivity index (χ2v) is 12.6. The molecule has 5 nitrogen and oxygen atoms in total. The van der Waals surface area contributed by atoms with Crippen molar-refractivity contribution >= 4 is 10.0 Å². The average molecular weight is 563 g/mol. The van der Waals surface area contributed by atoms with Gasteiger partial charge in [-0.1, -0.05) is 20.8 Å². The summed E-state index contributed by atoms with van der Waals surface area (Å²) in [4.78, 5) is 1.78.